The lowest BCUT2D eigenvalue weighted by molar-refractivity contribution is 0.258. The van der Waals surface area contributed by atoms with Crippen molar-refractivity contribution >= 4 is 0 Å². The minimum atomic E-state index is -0.536. The highest BCUT2D eigenvalue weighted by atomic mass is 19.1. The summed E-state index contributed by atoms with van der Waals surface area (Å²) in [6.45, 7) is 3.56. The SMILES string of the molecule is CNCCN(C)C(C)c1ccc(F)cc1F. The summed E-state index contributed by atoms with van der Waals surface area (Å²) in [4.78, 5) is 2.02. The van der Waals surface area contributed by atoms with Crippen LogP contribution in [0.4, 0.5) is 8.78 Å². The summed E-state index contributed by atoms with van der Waals surface area (Å²) in [5, 5.41) is 3.03. The van der Waals surface area contributed by atoms with Crippen molar-refractivity contribution in [3.8, 4) is 0 Å². The van der Waals surface area contributed by atoms with Gasteiger partial charge in [0.1, 0.15) is 11.6 Å². The molecule has 0 fully saturated rings. The first kappa shape index (κ1) is 13.1. The number of rotatable bonds is 5. The molecule has 1 aromatic carbocycles. The van der Waals surface area contributed by atoms with E-state index in [-0.39, 0.29) is 6.04 Å². The lowest BCUT2D eigenvalue weighted by atomic mass is 10.1. The van der Waals surface area contributed by atoms with Gasteiger partial charge in [0, 0.05) is 30.8 Å². The van der Waals surface area contributed by atoms with Gasteiger partial charge in [-0.05, 0) is 27.1 Å². The molecule has 0 aliphatic carbocycles. The lowest BCUT2D eigenvalue weighted by Crippen LogP contribution is -2.30. The van der Waals surface area contributed by atoms with Crippen LogP contribution in [0.25, 0.3) is 0 Å². The molecule has 1 atom stereocenters. The molecule has 90 valence electrons. The summed E-state index contributed by atoms with van der Waals surface area (Å²) in [6.07, 6.45) is 0. The van der Waals surface area contributed by atoms with E-state index in [4.69, 9.17) is 0 Å². The Morgan fingerprint density at radius 2 is 2.06 bits per heavy atom. The second-order valence-electron chi connectivity index (χ2n) is 3.93. The highest BCUT2D eigenvalue weighted by molar-refractivity contribution is 5.21. The summed E-state index contributed by atoms with van der Waals surface area (Å²) < 4.78 is 26.3. The summed E-state index contributed by atoms with van der Waals surface area (Å²) in [6, 6.07) is 3.66. The van der Waals surface area contributed by atoms with Crippen LogP contribution in [0.5, 0.6) is 0 Å². The van der Waals surface area contributed by atoms with Crippen molar-refractivity contribution in [1.82, 2.24) is 10.2 Å². The number of hydrogen-bond donors (Lipinski definition) is 1. The van der Waals surface area contributed by atoms with Gasteiger partial charge in [-0.15, -0.1) is 0 Å². The minimum Gasteiger partial charge on any atom is -0.318 e. The normalized spacial score (nSPS) is 13.1. The Morgan fingerprint density at radius 1 is 1.38 bits per heavy atom. The molecule has 0 bridgehead atoms. The number of hydrogen-bond acceptors (Lipinski definition) is 2. The number of benzene rings is 1. The van der Waals surface area contributed by atoms with Gasteiger partial charge in [-0.1, -0.05) is 6.07 Å². The third kappa shape index (κ3) is 3.25. The van der Waals surface area contributed by atoms with Crippen molar-refractivity contribution in [2.75, 3.05) is 27.2 Å². The van der Waals surface area contributed by atoms with E-state index < -0.39 is 11.6 Å². The van der Waals surface area contributed by atoms with Crippen LogP contribution in [0, 0.1) is 11.6 Å². The minimum absolute atomic E-state index is 0.0612. The van der Waals surface area contributed by atoms with Crippen LogP contribution in [0.2, 0.25) is 0 Å². The average molecular weight is 228 g/mol. The number of nitrogens with one attached hydrogen (secondary N) is 1. The second-order valence-corrected chi connectivity index (χ2v) is 3.93. The fourth-order valence-electron chi connectivity index (χ4n) is 1.56. The fraction of sp³-hybridized carbons (Fsp3) is 0.500. The summed E-state index contributed by atoms with van der Waals surface area (Å²) in [7, 11) is 3.79. The van der Waals surface area contributed by atoms with Crippen molar-refractivity contribution in [3.05, 3.63) is 35.4 Å². The molecular weight excluding hydrogens is 210 g/mol. The quantitative estimate of drug-likeness (QED) is 0.831. The molecule has 0 spiro atoms. The number of nitrogens with zero attached hydrogens (tertiary/aromatic N) is 1. The van der Waals surface area contributed by atoms with Crippen LogP contribution in [0.1, 0.15) is 18.5 Å². The Balaban J connectivity index is 2.75. The maximum atomic E-state index is 13.5. The number of halogens is 2. The van der Waals surface area contributed by atoms with Crippen LogP contribution in [0.15, 0.2) is 18.2 Å². The molecule has 1 N–H and O–H groups in total. The monoisotopic (exact) mass is 228 g/mol. The zero-order chi connectivity index (χ0) is 12.1. The largest absolute Gasteiger partial charge is 0.318 e. The molecule has 16 heavy (non-hydrogen) atoms. The van der Waals surface area contributed by atoms with Gasteiger partial charge >= 0.3 is 0 Å². The van der Waals surface area contributed by atoms with Gasteiger partial charge in [-0.25, -0.2) is 8.78 Å². The third-order valence-corrected chi connectivity index (χ3v) is 2.79. The van der Waals surface area contributed by atoms with Gasteiger partial charge in [-0.3, -0.25) is 4.90 Å². The van der Waals surface area contributed by atoms with Gasteiger partial charge in [0.15, 0.2) is 0 Å². The van der Waals surface area contributed by atoms with Gasteiger partial charge < -0.3 is 5.32 Å². The lowest BCUT2D eigenvalue weighted by Gasteiger charge is -2.25. The predicted molar refractivity (Wildman–Crippen MR) is 61.3 cm³/mol. The molecule has 1 aromatic rings. The van der Waals surface area contributed by atoms with Crippen molar-refractivity contribution in [3.63, 3.8) is 0 Å². The molecule has 0 aliphatic rings. The molecule has 0 radical (unpaired) electrons. The first-order chi connectivity index (χ1) is 7.56. The van der Waals surface area contributed by atoms with E-state index in [1.165, 1.54) is 12.1 Å². The molecule has 0 aromatic heterocycles. The van der Waals surface area contributed by atoms with Crippen LogP contribution in [-0.4, -0.2) is 32.1 Å². The molecule has 1 rings (SSSR count). The molecule has 0 heterocycles. The molecule has 1 unspecified atom stereocenters. The summed E-state index contributed by atoms with van der Waals surface area (Å²) >= 11 is 0. The second kappa shape index (κ2) is 5.92. The van der Waals surface area contributed by atoms with E-state index in [9.17, 15) is 8.78 Å². The smallest absolute Gasteiger partial charge is 0.130 e. The van der Waals surface area contributed by atoms with Gasteiger partial charge in [-0.2, -0.15) is 0 Å². The topological polar surface area (TPSA) is 15.3 Å². The van der Waals surface area contributed by atoms with Gasteiger partial charge in [0.25, 0.3) is 0 Å². The van der Waals surface area contributed by atoms with E-state index in [1.54, 1.807) is 0 Å². The van der Waals surface area contributed by atoms with Crippen molar-refractivity contribution < 1.29 is 8.78 Å². The summed E-state index contributed by atoms with van der Waals surface area (Å²) in [5.74, 6) is -1.02. The fourth-order valence-corrected chi connectivity index (χ4v) is 1.56. The molecule has 0 aliphatic heterocycles. The van der Waals surface area contributed by atoms with E-state index in [0.29, 0.717) is 5.56 Å². The molecule has 2 nitrogen and oxygen atoms in total. The molecule has 0 saturated carbocycles. The van der Waals surface area contributed by atoms with E-state index >= 15 is 0 Å². The standard InChI is InChI=1S/C12H18F2N2/c1-9(16(3)7-6-15-2)11-5-4-10(13)8-12(11)14/h4-5,8-9,15H,6-7H2,1-3H3. The zero-order valence-corrected chi connectivity index (χ0v) is 9.93. The summed E-state index contributed by atoms with van der Waals surface area (Å²) in [5.41, 5.74) is 0.528. The van der Waals surface area contributed by atoms with Crippen molar-refractivity contribution in [2.45, 2.75) is 13.0 Å². The number of likely N-dealkylation sites (N-methyl/N-ethyl adjacent to an activating group) is 2. The highest BCUT2D eigenvalue weighted by Crippen LogP contribution is 2.21. The van der Waals surface area contributed by atoms with Gasteiger partial charge in [0.05, 0.1) is 0 Å². The Kier molecular flexibility index (Phi) is 4.83. The third-order valence-electron chi connectivity index (χ3n) is 2.79. The zero-order valence-electron chi connectivity index (χ0n) is 9.93. The first-order valence-electron chi connectivity index (χ1n) is 5.36. The van der Waals surface area contributed by atoms with Crippen LogP contribution < -0.4 is 5.32 Å². The highest BCUT2D eigenvalue weighted by Gasteiger charge is 2.15. The Hall–Kier alpha value is -1.00. The van der Waals surface area contributed by atoms with Crippen molar-refractivity contribution in [2.24, 2.45) is 0 Å². The maximum Gasteiger partial charge on any atom is 0.130 e. The van der Waals surface area contributed by atoms with Crippen LogP contribution in [-0.2, 0) is 0 Å². The van der Waals surface area contributed by atoms with E-state index in [1.807, 2.05) is 25.9 Å². The molecular formula is C12H18F2N2. The van der Waals surface area contributed by atoms with Crippen LogP contribution >= 0.6 is 0 Å². The van der Waals surface area contributed by atoms with Crippen molar-refractivity contribution in [1.29, 1.82) is 0 Å². The maximum absolute atomic E-state index is 13.5. The predicted octanol–water partition coefficient (Wildman–Crippen LogP) is 2.18. The van der Waals surface area contributed by atoms with E-state index in [0.717, 1.165) is 19.2 Å². The molecule has 0 saturated heterocycles. The van der Waals surface area contributed by atoms with E-state index in [2.05, 4.69) is 5.32 Å². The Morgan fingerprint density at radius 3 is 2.62 bits per heavy atom. The Labute approximate surface area is 95.3 Å². The average Bonchev–Trinajstić information content (AvgIpc) is 2.25. The van der Waals surface area contributed by atoms with Crippen LogP contribution in [0.3, 0.4) is 0 Å². The molecule has 0 amide bonds. The molecule has 4 heteroatoms. The Bertz CT molecular complexity index is 342. The first-order valence-corrected chi connectivity index (χ1v) is 5.36. The van der Waals surface area contributed by atoms with Gasteiger partial charge in [0.2, 0.25) is 0 Å².